The number of anilines is 1. The molecule has 6 heteroatoms. The number of thiophene rings is 1. The van der Waals surface area contributed by atoms with Crippen molar-refractivity contribution >= 4 is 34.1 Å². The van der Waals surface area contributed by atoms with E-state index in [0.717, 1.165) is 15.3 Å². The number of carbonyl (C=O) groups is 3. The topological polar surface area (TPSA) is 63.7 Å². The fraction of sp³-hybridized carbons (Fsp3) is 0.235. The molecule has 2 heterocycles. The molecule has 0 fully saturated rings. The van der Waals surface area contributed by atoms with Gasteiger partial charge >= 0.3 is 5.97 Å². The van der Waals surface area contributed by atoms with Crippen molar-refractivity contribution in [2.75, 3.05) is 11.5 Å². The van der Waals surface area contributed by atoms with Crippen LogP contribution in [0, 0.1) is 13.8 Å². The van der Waals surface area contributed by atoms with E-state index in [1.165, 1.54) is 11.3 Å². The summed E-state index contributed by atoms with van der Waals surface area (Å²) in [4.78, 5) is 39.5. The molecule has 0 bridgehead atoms. The van der Waals surface area contributed by atoms with Gasteiger partial charge in [0.15, 0.2) is 0 Å². The molecule has 118 valence electrons. The first-order valence-electron chi connectivity index (χ1n) is 7.22. The average molecular weight is 329 g/mol. The molecule has 1 aliphatic heterocycles. The number of esters is 1. The van der Waals surface area contributed by atoms with Gasteiger partial charge in [-0.2, -0.15) is 0 Å². The number of aryl methyl sites for hydroxylation is 1. The Morgan fingerprint density at radius 2 is 1.70 bits per heavy atom. The van der Waals surface area contributed by atoms with Gasteiger partial charge < -0.3 is 4.74 Å². The van der Waals surface area contributed by atoms with Crippen molar-refractivity contribution in [1.82, 2.24) is 0 Å². The van der Waals surface area contributed by atoms with Crippen molar-refractivity contribution in [3.63, 3.8) is 0 Å². The summed E-state index contributed by atoms with van der Waals surface area (Å²) in [5.74, 6) is -1.32. The van der Waals surface area contributed by atoms with Gasteiger partial charge in [-0.1, -0.05) is 12.1 Å². The minimum absolute atomic E-state index is 0.231. The lowest BCUT2D eigenvalue weighted by Crippen LogP contribution is -2.30. The van der Waals surface area contributed by atoms with Gasteiger partial charge in [0.05, 0.1) is 23.3 Å². The molecule has 5 nitrogen and oxygen atoms in total. The van der Waals surface area contributed by atoms with Crippen LogP contribution in [0.25, 0.3) is 0 Å². The summed E-state index contributed by atoms with van der Waals surface area (Å²) in [6.45, 7) is 5.59. The number of amides is 2. The number of benzene rings is 1. The molecule has 1 aliphatic rings. The predicted octanol–water partition coefficient (Wildman–Crippen LogP) is 3.34. The van der Waals surface area contributed by atoms with Crippen molar-refractivity contribution in [3.05, 3.63) is 51.4 Å². The van der Waals surface area contributed by atoms with Gasteiger partial charge in [-0.25, -0.2) is 9.69 Å². The van der Waals surface area contributed by atoms with Gasteiger partial charge in [0.1, 0.15) is 5.00 Å². The van der Waals surface area contributed by atoms with Gasteiger partial charge in [-0.05, 0) is 38.5 Å². The summed E-state index contributed by atoms with van der Waals surface area (Å²) < 4.78 is 5.09. The number of imide groups is 1. The van der Waals surface area contributed by atoms with Crippen molar-refractivity contribution in [2.45, 2.75) is 20.8 Å². The fourth-order valence-electron chi connectivity index (χ4n) is 2.58. The largest absolute Gasteiger partial charge is 0.462 e. The number of hydrogen-bond donors (Lipinski definition) is 0. The molecule has 0 unspecified atom stereocenters. The molecule has 1 aromatic heterocycles. The van der Waals surface area contributed by atoms with Crippen LogP contribution in [-0.2, 0) is 4.74 Å². The second-order valence-electron chi connectivity index (χ2n) is 5.18. The number of carbonyl (C=O) groups excluding carboxylic acids is 3. The van der Waals surface area contributed by atoms with E-state index >= 15 is 0 Å². The van der Waals surface area contributed by atoms with Crippen molar-refractivity contribution in [3.8, 4) is 0 Å². The van der Waals surface area contributed by atoms with Crippen LogP contribution in [-0.4, -0.2) is 24.4 Å². The zero-order valence-electron chi connectivity index (χ0n) is 13.0. The molecule has 0 atom stereocenters. The Morgan fingerprint density at radius 1 is 1.13 bits per heavy atom. The minimum Gasteiger partial charge on any atom is -0.462 e. The molecule has 0 N–H and O–H groups in total. The van der Waals surface area contributed by atoms with Crippen molar-refractivity contribution in [1.29, 1.82) is 0 Å². The monoisotopic (exact) mass is 329 g/mol. The van der Waals surface area contributed by atoms with Crippen LogP contribution in [0.2, 0.25) is 0 Å². The molecule has 23 heavy (non-hydrogen) atoms. The van der Waals surface area contributed by atoms with E-state index in [1.807, 2.05) is 6.92 Å². The molecule has 2 aromatic rings. The molecule has 0 spiro atoms. The molecule has 0 saturated carbocycles. The molecule has 3 rings (SSSR count). The third-order valence-electron chi connectivity index (χ3n) is 3.84. The van der Waals surface area contributed by atoms with Crippen molar-refractivity contribution in [2.24, 2.45) is 0 Å². The van der Waals surface area contributed by atoms with E-state index < -0.39 is 17.8 Å². The van der Waals surface area contributed by atoms with E-state index in [-0.39, 0.29) is 6.61 Å². The minimum atomic E-state index is -0.513. The summed E-state index contributed by atoms with van der Waals surface area (Å²) in [6, 6.07) is 6.66. The number of nitrogens with zero attached hydrogens (tertiary/aromatic N) is 1. The Kier molecular flexibility index (Phi) is 3.77. The highest BCUT2D eigenvalue weighted by Crippen LogP contribution is 2.39. The maximum absolute atomic E-state index is 12.6. The third-order valence-corrected chi connectivity index (χ3v) is 5.04. The van der Waals surface area contributed by atoms with Crippen LogP contribution in [0.15, 0.2) is 24.3 Å². The zero-order chi connectivity index (χ0) is 16.7. The molecule has 1 aromatic carbocycles. The first kappa shape index (κ1) is 15.4. The Balaban J connectivity index is 2.14. The molecule has 0 saturated heterocycles. The molecular formula is C17H15NO4S. The van der Waals surface area contributed by atoms with Gasteiger partial charge in [0.25, 0.3) is 11.8 Å². The second-order valence-corrected chi connectivity index (χ2v) is 6.38. The molecule has 0 radical (unpaired) electrons. The van der Waals surface area contributed by atoms with E-state index in [0.29, 0.717) is 21.7 Å². The lowest BCUT2D eigenvalue weighted by atomic mass is 10.1. The Bertz CT molecular complexity index is 802. The van der Waals surface area contributed by atoms with Crippen LogP contribution >= 0.6 is 11.3 Å². The maximum Gasteiger partial charge on any atom is 0.341 e. The standard InChI is InChI=1S/C17H15NO4S/c1-4-22-17(21)13-9(2)10(3)23-16(13)18-14(19)11-7-5-6-8-12(11)15(18)20/h5-8H,4H2,1-3H3. The number of rotatable bonds is 3. The third kappa shape index (κ3) is 2.26. The Morgan fingerprint density at radius 3 is 2.22 bits per heavy atom. The quantitative estimate of drug-likeness (QED) is 0.640. The molecule has 2 amide bonds. The highest BCUT2D eigenvalue weighted by molar-refractivity contribution is 7.17. The summed E-state index contributed by atoms with van der Waals surface area (Å²) >= 11 is 1.25. The number of ether oxygens (including phenoxy) is 1. The smallest absolute Gasteiger partial charge is 0.341 e. The summed E-state index contributed by atoms with van der Waals surface area (Å²) in [6.07, 6.45) is 0. The van der Waals surface area contributed by atoms with E-state index in [2.05, 4.69) is 0 Å². The summed E-state index contributed by atoms with van der Waals surface area (Å²) in [5, 5.41) is 0.338. The van der Waals surface area contributed by atoms with E-state index in [1.54, 1.807) is 38.1 Å². The number of fused-ring (bicyclic) bond motifs is 1. The van der Waals surface area contributed by atoms with Gasteiger partial charge in [0.2, 0.25) is 0 Å². The van der Waals surface area contributed by atoms with Crippen LogP contribution in [0.3, 0.4) is 0 Å². The first-order chi connectivity index (χ1) is 11.0. The maximum atomic E-state index is 12.6. The van der Waals surface area contributed by atoms with Gasteiger partial charge in [-0.15, -0.1) is 11.3 Å². The number of hydrogen-bond acceptors (Lipinski definition) is 5. The molecular weight excluding hydrogens is 314 g/mol. The second kappa shape index (κ2) is 5.62. The normalized spacial score (nSPS) is 13.4. The lowest BCUT2D eigenvalue weighted by molar-refractivity contribution is 0.0527. The lowest BCUT2D eigenvalue weighted by Gasteiger charge is -2.14. The highest BCUT2D eigenvalue weighted by atomic mass is 32.1. The first-order valence-corrected chi connectivity index (χ1v) is 8.04. The Labute approximate surface area is 137 Å². The van der Waals surface area contributed by atoms with Crippen molar-refractivity contribution < 1.29 is 19.1 Å². The zero-order valence-corrected chi connectivity index (χ0v) is 13.8. The van der Waals surface area contributed by atoms with Crippen LogP contribution in [0.1, 0.15) is 48.4 Å². The van der Waals surface area contributed by atoms with Crippen LogP contribution < -0.4 is 4.90 Å². The summed E-state index contributed by atoms with van der Waals surface area (Å²) in [7, 11) is 0. The van der Waals surface area contributed by atoms with Crippen LogP contribution in [0.5, 0.6) is 0 Å². The van der Waals surface area contributed by atoms with Gasteiger partial charge in [-0.3, -0.25) is 9.59 Å². The predicted molar refractivity (Wildman–Crippen MR) is 87.3 cm³/mol. The SMILES string of the molecule is CCOC(=O)c1c(N2C(=O)c3ccccc3C2=O)sc(C)c1C. The average Bonchev–Trinajstić information content (AvgIpc) is 2.95. The van der Waals surface area contributed by atoms with E-state index in [9.17, 15) is 14.4 Å². The fourth-order valence-corrected chi connectivity index (χ4v) is 3.72. The van der Waals surface area contributed by atoms with E-state index in [4.69, 9.17) is 4.74 Å². The molecule has 0 aliphatic carbocycles. The van der Waals surface area contributed by atoms with Crippen LogP contribution in [0.4, 0.5) is 5.00 Å². The Hall–Kier alpha value is -2.47. The summed E-state index contributed by atoms with van der Waals surface area (Å²) in [5.41, 5.74) is 1.75. The van der Waals surface area contributed by atoms with Gasteiger partial charge in [0, 0.05) is 4.88 Å². The highest BCUT2D eigenvalue weighted by Gasteiger charge is 2.40.